The molecule has 2 aromatic carbocycles. The van der Waals surface area contributed by atoms with Gasteiger partial charge in [0, 0.05) is 41.3 Å². The molecule has 5 heterocycles. The largest absolute Gasteiger partial charge is 0.506 e. The SMILES string of the molecule is O=C(O)c1ccccc1-c1c2cc(Cl)c(=O)c(CN(c3ccccn3)c3ccccn3)c-2oc2c(CN(c3ccccn3)c3ccccn3)c(O)c(Cl)cc12. The van der Waals surface area contributed by atoms with Crippen molar-refractivity contribution in [2.45, 2.75) is 13.1 Å². The number of phenolic OH excluding ortho intramolecular Hbond substituents is 1. The molecule has 2 N–H and O–H groups in total. The molecule has 6 aromatic rings. The number of halogens is 2. The number of anilines is 4. The Morgan fingerprint density at radius 1 is 0.636 bits per heavy atom. The van der Waals surface area contributed by atoms with E-state index in [0.717, 1.165) is 0 Å². The maximum atomic E-state index is 14.2. The lowest BCUT2D eigenvalue weighted by Gasteiger charge is -2.27. The number of rotatable bonds is 10. The van der Waals surface area contributed by atoms with Gasteiger partial charge < -0.3 is 24.4 Å². The minimum atomic E-state index is -1.18. The normalized spacial score (nSPS) is 11.2. The lowest BCUT2D eigenvalue weighted by Crippen LogP contribution is -2.24. The maximum Gasteiger partial charge on any atom is 0.336 e. The Morgan fingerprint density at radius 3 is 1.62 bits per heavy atom. The minimum absolute atomic E-state index is 0.0156. The summed E-state index contributed by atoms with van der Waals surface area (Å²) in [7, 11) is 0. The Kier molecular flexibility index (Phi) is 9.54. The Balaban J connectivity index is 1.46. The van der Waals surface area contributed by atoms with Crippen LogP contribution in [-0.4, -0.2) is 36.1 Å². The minimum Gasteiger partial charge on any atom is -0.506 e. The molecule has 1 aliphatic carbocycles. The summed E-state index contributed by atoms with van der Waals surface area (Å²) >= 11 is 13.6. The van der Waals surface area contributed by atoms with Crippen LogP contribution in [0, 0.1) is 0 Å². The van der Waals surface area contributed by atoms with Gasteiger partial charge in [0.1, 0.15) is 40.4 Å². The van der Waals surface area contributed by atoms with E-state index < -0.39 is 11.4 Å². The fraction of sp³-hybridized carbons (Fsp3) is 0.0476. The summed E-state index contributed by atoms with van der Waals surface area (Å²) in [4.78, 5) is 48.7. The first-order valence-electron chi connectivity index (χ1n) is 16.9. The molecular formula is C42H28Cl2N6O5. The standard InChI is InChI=1S/C42H28Cl2N6O5/c43-31-21-27-37(25-11-1-2-12-26(25)42(53)54)28-22-32(44)39(52)30(24-50(35-15-5-9-19-47-35)36-16-6-10-20-48-36)41(28)55-40(27)29(38(31)51)23-49(33-13-3-7-17-45-33)34-14-4-8-18-46-34/h1-22,51H,23-24H2,(H,53,54). The summed E-state index contributed by atoms with van der Waals surface area (Å²) in [5.74, 6) is 0.674. The highest BCUT2D eigenvalue weighted by atomic mass is 35.5. The average Bonchev–Trinajstić information content (AvgIpc) is 3.22. The first kappa shape index (κ1) is 35.2. The molecular weight excluding hydrogens is 739 g/mol. The molecule has 0 unspecified atom stereocenters. The van der Waals surface area contributed by atoms with Gasteiger partial charge in [-0.2, -0.15) is 0 Å². The Hall–Kier alpha value is -6.82. The van der Waals surface area contributed by atoms with Crippen molar-refractivity contribution in [3.05, 3.63) is 171 Å². The van der Waals surface area contributed by atoms with Crippen molar-refractivity contribution < 1.29 is 19.4 Å². The fourth-order valence-corrected chi connectivity index (χ4v) is 7.04. The second-order valence-electron chi connectivity index (χ2n) is 12.4. The van der Waals surface area contributed by atoms with Crippen LogP contribution in [0.3, 0.4) is 0 Å². The first-order chi connectivity index (χ1) is 26.8. The third kappa shape index (κ3) is 6.67. The Bertz CT molecular complexity index is 2620. The number of aromatic nitrogens is 4. The summed E-state index contributed by atoms with van der Waals surface area (Å²) in [6.07, 6.45) is 6.54. The number of hydrogen-bond donors (Lipinski definition) is 2. The quantitative estimate of drug-likeness (QED) is 0.128. The van der Waals surface area contributed by atoms with Crippen LogP contribution in [0.4, 0.5) is 23.3 Å². The summed E-state index contributed by atoms with van der Waals surface area (Å²) in [6, 6.07) is 31.1. The van der Waals surface area contributed by atoms with Crippen molar-refractivity contribution in [1.29, 1.82) is 0 Å². The van der Waals surface area contributed by atoms with E-state index in [2.05, 4.69) is 19.9 Å². The summed E-state index contributed by atoms with van der Waals surface area (Å²) in [6.45, 7) is -0.144. The van der Waals surface area contributed by atoms with Crippen LogP contribution in [0.15, 0.2) is 143 Å². The van der Waals surface area contributed by atoms with Gasteiger partial charge in [0.2, 0.25) is 5.43 Å². The van der Waals surface area contributed by atoms with E-state index in [-0.39, 0.29) is 56.9 Å². The first-order valence-corrected chi connectivity index (χ1v) is 17.7. The van der Waals surface area contributed by atoms with Crippen molar-refractivity contribution >= 4 is 63.4 Å². The second kappa shape index (κ2) is 14.9. The molecule has 0 fully saturated rings. The zero-order valence-corrected chi connectivity index (χ0v) is 30.2. The highest BCUT2D eigenvalue weighted by Gasteiger charge is 2.31. The zero-order valence-electron chi connectivity index (χ0n) is 28.7. The molecule has 55 heavy (non-hydrogen) atoms. The van der Waals surface area contributed by atoms with E-state index >= 15 is 0 Å². The van der Waals surface area contributed by atoms with Crippen molar-refractivity contribution in [2.24, 2.45) is 0 Å². The van der Waals surface area contributed by atoms with Crippen LogP contribution < -0.4 is 15.2 Å². The number of phenols is 1. The highest BCUT2D eigenvalue weighted by molar-refractivity contribution is 6.33. The summed E-state index contributed by atoms with van der Waals surface area (Å²) < 4.78 is 6.83. The number of nitrogens with zero attached hydrogens (tertiary/aromatic N) is 6. The van der Waals surface area contributed by atoms with Gasteiger partial charge in [-0.25, -0.2) is 24.7 Å². The van der Waals surface area contributed by atoms with Gasteiger partial charge in [-0.3, -0.25) is 4.79 Å². The van der Waals surface area contributed by atoms with E-state index in [0.29, 0.717) is 45.3 Å². The zero-order chi connectivity index (χ0) is 38.1. The lowest BCUT2D eigenvalue weighted by molar-refractivity contribution is 0.0697. The maximum absolute atomic E-state index is 14.2. The Morgan fingerprint density at radius 2 is 1.13 bits per heavy atom. The molecule has 11 nitrogen and oxygen atoms in total. The molecule has 4 aromatic heterocycles. The monoisotopic (exact) mass is 766 g/mol. The van der Waals surface area contributed by atoms with Gasteiger partial charge >= 0.3 is 5.97 Å². The molecule has 8 rings (SSSR count). The van der Waals surface area contributed by atoms with Crippen LogP contribution in [0.5, 0.6) is 5.75 Å². The third-order valence-electron chi connectivity index (χ3n) is 9.09. The van der Waals surface area contributed by atoms with Crippen LogP contribution in [0.25, 0.3) is 33.4 Å². The summed E-state index contributed by atoms with van der Waals surface area (Å²) in [5.41, 5.74) is 1.02. The number of aromatic carboxylic acids is 1. The molecule has 0 spiro atoms. The van der Waals surface area contributed by atoms with Gasteiger partial charge in [-0.05, 0) is 72.3 Å². The number of carboxylic acid groups (broad SMARTS) is 1. The molecule has 13 heteroatoms. The van der Waals surface area contributed by atoms with Crippen molar-refractivity contribution in [2.75, 3.05) is 9.80 Å². The number of benzene rings is 3. The Labute approximate surface area is 323 Å². The molecule has 270 valence electrons. The van der Waals surface area contributed by atoms with Gasteiger partial charge in [-0.1, -0.05) is 65.7 Å². The fourth-order valence-electron chi connectivity index (χ4n) is 6.59. The van der Waals surface area contributed by atoms with Gasteiger partial charge in [-0.15, -0.1) is 0 Å². The number of carbonyl (C=O) groups is 1. The van der Waals surface area contributed by atoms with Crippen LogP contribution >= 0.6 is 23.2 Å². The van der Waals surface area contributed by atoms with E-state index in [1.165, 1.54) is 18.2 Å². The van der Waals surface area contributed by atoms with Crippen LogP contribution in [0.1, 0.15) is 21.5 Å². The molecule has 0 bridgehead atoms. The number of fused-ring (bicyclic) bond motifs is 2. The number of aromatic hydroxyl groups is 1. The van der Waals surface area contributed by atoms with E-state index in [9.17, 15) is 19.8 Å². The topological polar surface area (TPSA) is 146 Å². The number of hydrogen-bond acceptors (Lipinski definition) is 10. The van der Waals surface area contributed by atoms with Gasteiger partial charge in [0.25, 0.3) is 0 Å². The molecule has 0 saturated carbocycles. The molecule has 0 atom stereocenters. The van der Waals surface area contributed by atoms with Crippen LogP contribution in [0.2, 0.25) is 10.0 Å². The predicted octanol–water partition coefficient (Wildman–Crippen LogP) is 9.53. The predicted molar refractivity (Wildman–Crippen MR) is 212 cm³/mol. The number of carboxylic acids is 1. The van der Waals surface area contributed by atoms with Crippen molar-refractivity contribution in [3.63, 3.8) is 0 Å². The van der Waals surface area contributed by atoms with E-state index in [1.54, 1.807) is 101 Å². The van der Waals surface area contributed by atoms with Gasteiger partial charge in [0.15, 0.2) is 0 Å². The van der Waals surface area contributed by atoms with Crippen molar-refractivity contribution in [1.82, 2.24) is 19.9 Å². The highest BCUT2D eigenvalue weighted by Crippen LogP contribution is 2.48. The van der Waals surface area contributed by atoms with E-state index in [1.807, 2.05) is 24.3 Å². The van der Waals surface area contributed by atoms with Crippen LogP contribution in [-0.2, 0) is 13.1 Å². The van der Waals surface area contributed by atoms with Crippen molar-refractivity contribution in [3.8, 4) is 28.2 Å². The molecule has 1 aliphatic heterocycles. The molecule has 0 radical (unpaired) electrons. The second-order valence-corrected chi connectivity index (χ2v) is 13.2. The molecule has 0 saturated heterocycles. The summed E-state index contributed by atoms with van der Waals surface area (Å²) in [5, 5.41) is 22.4. The third-order valence-corrected chi connectivity index (χ3v) is 9.66. The molecule has 2 aliphatic rings. The molecule has 0 amide bonds. The smallest absolute Gasteiger partial charge is 0.336 e. The lowest BCUT2D eigenvalue weighted by atomic mass is 9.88. The van der Waals surface area contributed by atoms with Gasteiger partial charge in [0.05, 0.1) is 39.8 Å². The number of pyridine rings is 4. The van der Waals surface area contributed by atoms with E-state index in [4.69, 9.17) is 27.6 Å². The average molecular weight is 768 g/mol.